The summed E-state index contributed by atoms with van der Waals surface area (Å²) < 4.78 is 5.47. The Kier molecular flexibility index (Phi) is 52.6. The monoisotopic (exact) mass is 902 g/mol. The average Bonchev–Trinajstić information content (AvgIpc) is 3.29. The highest BCUT2D eigenvalue weighted by Gasteiger charge is 2.18. The zero-order chi connectivity index (χ0) is 46.5. The Morgan fingerprint density at radius 1 is 0.422 bits per heavy atom. The molecule has 6 nitrogen and oxygen atoms in total. The summed E-state index contributed by atoms with van der Waals surface area (Å²) in [6.07, 6.45) is 64.8. The highest BCUT2D eigenvalue weighted by atomic mass is 16.5. The Labute approximate surface area is 399 Å². The Morgan fingerprint density at radius 2 is 0.734 bits per heavy atom. The first-order valence-corrected chi connectivity index (χ1v) is 28.6. The second-order valence-electron chi connectivity index (χ2n) is 19.6. The fourth-order valence-corrected chi connectivity index (χ4v) is 8.81. The van der Waals surface area contributed by atoms with E-state index < -0.39 is 12.1 Å². The van der Waals surface area contributed by atoms with Crippen molar-refractivity contribution in [2.24, 2.45) is 0 Å². The van der Waals surface area contributed by atoms with Crippen LogP contribution in [0.15, 0.2) is 24.3 Å². The van der Waals surface area contributed by atoms with E-state index in [2.05, 4.69) is 31.3 Å². The minimum absolute atomic E-state index is 0.00775. The number of aliphatic hydroxyl groups excluding tert-OH is 2. The predicted octanol–water partition coefficient (Wildman–Crippen LogP) is 17.5. The predicted molar refractivity (Wildman–Crippen MR) is 278 cm³/mol. The first-order chi connectivity index (χ1) is 31.5. The number of nitrogens with one attached hydrogen (secondary N) is 1. The van der Waals surface area contributed by atoms with Crippen molar-refractivity contribution >= 4 is 11.9 Å². The molecular weight excluding hydrogens is 791 g/mol. The maximum absolute atomic E-state index is 12.4. The van der Waals surface area contributed by atoms with Gasteiger partial charge in [0.25, 0.3) is 0 Å². The van der Waals surface area contributed by atoms with Crippen LogP contribution in [0.1, 0.15) is 309 Å². The molecule has 2 unspecified atom stereocenters. The molecule has 0 saturated carbocycles. The van der Waals surface area contributed by atoms with Crippen LogP contribution in [0, 0.1) is 0 Å². The van der Waals surface area contributed by atoms with E-state index in [1.165, 1.54) is 238 Å². The minimum atomic E-state index is -0.848. The van der Waals surface area contributed by atoms with Gasteiger partial charge in [-0.05, 0) is 57.8 Å². The third-order valence-corrected chi connectivity index (χ3v) is 13.2. The van der Waals surface area contributed by atoms with Crippen LogP contribution in [-0.4, -0.2) is 47.4 Å². The number of amides is 1. The van der Waals surface area contributed by atoms with Gasteiger partial charge in [-0.15, -0.1) is 0 Å². The second kappa shape index (κ2) is 54.0. The van der Waals surface area contributed by atoms with E-state index in [-0.39, 0.29) is 18.5 Å². The lowest BCUT2D eigenvalue weighted by Crippen LogP contribution is -2.45. The van der Waals surface area contributed by atoms with Crippen LogP contribution in [0.3, 0.4) is 0 Å². The first-order valence-electron chi connectivity index (χ1n) is 28.6. The molecule has 0 aliphatic rings. The molecule has 0 aliphatic heterocycles. The lowest BCUT2D eigenvalue weighted by molar-refractivity contribution is -0.143. The lowest BCUT2D eigenvalue weighted by Gasteiger charge is -2.20. The van der Waals surface area contributed by atoms with Gasteiger partial charge in [0.15, 0.2) is 0 Å². The van der Waals surface area contributed by atoms with E-state index in [1.54, 1.807) is 6.08 Å². The Morgan fingerprint density at radius 3 is 1.11 bits per heavy atom. The smallest absolute Gasteiger partial charge is 0.305 e. The number of aliphatic hydroxyl groups is 2. The summed E-state index contributed by atoms with van der Waals surface area (Å²) in [5.74, 6) is -0.0686. The third-order valence-electron chi connectivity index (χ3n) is 13.2. The van der Waals surface area contributed by atoms with Crippen LogP contribution in [-0.2, 0) is 14.3 Å². The van der Waals surface area contributed by atoms with Gasteiger partial charge < -0.3 is 20.3 Å². The molecule has 0 rings (SSSR count). The fourth-order valence-electron chi connectivity index (χ4n) is 8.81. The highest BCUT2D eigenvalue weighted by molar-refractivity contribution is 5.76. The van der Waals surface area contributed by atoms with Gasteiger partial charge >= 0.3 is 5.97 Å². The molecule has 0 radical (unpaired) electrons. The molecule has 0 spiro atoms. The Hall–Kier alpha value is -1.66. The number of unbranched alkanes of at least 4 members (excludes halogenated alkanes) is 40. The molecule has 0 aromatic rings. The summed E-state index contributed by atoms with van der Waals surface area (Å²) >= 11 is 0. The number of carbonyl (C=O) groups is 2. The zero-order valence-corrected chi connectivity index (χ0v) is 43.0. The molecule has 0 fully saturated rings. The number of hydrogen-bond acceptors (Lipinski definition) is 5. The standard InChI is InChI=1S/C58H111NO5/c1-3-5-7-9-11-13-15-17-28-32-36-40-44-48-52-58(63)64-53-49-45-41-37-33-29-25-23-21-19-18-20-22-24-27-31-35-39-43-47-51-57(62)59-55(54-60)56(61)50-46-42-38-34-30-26-16-14-12-10-8-6-4-2/h18,20,46,50,55-56,60-61H,3-17,19,21-45,47-49,51-54H2,1-2H3,(H,59,62)/b20-18-,50-46+. The van der Waals surface area contributed by atoms with Crippen LogP contribution in [0.5, 0.6) is 0 Å². The molecule has 0 bridgehead atoms. The molecule has 1 amide bonds. The summed E-state index contributed by atoms with van der Waals surface area (Å²) in [5.41, 5.74) is 0. The largest absolute Gasteiger partial charge is 0.466 e. The molecule has 0 aliphatic carbocycles. The van der Waals surface area contributed by atoms with Crippen molar-refractivity contribution in [2.45, 2.75) is 321 Å². The fraction of sp³-hybridized carbons (Fsp3) is 0.897. The Bertz CT molecular complexity index is 997. The van der Waals surface area contributed by atoms with Gasteiger partial charge in [-0.3, -0.25) is 9.59 Å². The average molecular weight is 903 g/mol. The maximum atomic E-state index is 12.4. The zero-order valence-electron chi connectivity index (χ0n) is 43.0. The number of allylic oxidation sites excluding steroid dienone is 3. The van der Waals surface area contributed by atoms with Gasteiger partial charge in [0.1, 0.15) is 0 Å². The van der Waals surface area contributed by atoms with Crippen molar-refractivity contribution in [3.05, 3.63) is 24.3 Å². The molecule has 378 valence electrons. The lowest BCUT2D eigenvalue weighted by atomic mass is 10.0. The number of ether oxygens (including phenoxy) is 1. The van der Waals surface area contributed by atoms with E-state index in [0.717, 1.165) is 44.9 Å². The summed E-state index contributed by atoms with van der Waals surface area (Å²) in [4.78, 5) is 24.5. The molecule has 6 heteroatoms. The van der Waals surface area contributed by atoms with Crippen molar-refractivity contribution in [1.82, 2.24) is 5.32 Å². The van der Waals surface area contributed by atoms with Crippen molar-refractivity contribution in [1.29, 1.82) is 0 Å². The van der Waals surface area contributed by atoms with Gasteiger partial charge in [-0.1, -0.05) is 263 Å². The van der Waals surface area contributed by atoms with Crippen molar-refractivity contribution < 1.29 is 24.5 Å². The van der Waals surface area contributed by atoms with Crippen LogP contribution in [0.25, 0.3) is 0 Å². The van der Waals surface area contributed by atoms with Gasteiger partial charge in [0, 0.05) is 12.8 Å². The van der Waals surface area contributed by atoms with Crippen LogP contribution >= 0.6 is 0 Å². The SMILES string of the molecule is CCCCCCCCCCCCC/C=C/C(O)C(CO)NC(=O)CCCCCCCCC/C=C\CCCCCCCCCCCOC(=O)CCCCCCCCCCCCCCCC. The van der Waals surface area contributed by atoms with Crippen molar-refractivity contribution in [2.75, 3.05) is 13.2 Å². The van der Waals surface area contributed by atoms with Crippen LogP contribution in [0.4, 0.5) is 0 Å². The van der Waals surface area contributed by atoms with E-state index >= 15 is 0 Å². The summed E-state index contributed by atoms with van der Waals surface area (Å²) in [7, 11) is 0. The second-order valence-corrected chi connectivity index (χ2v) is 19.6. The Balaban J connectivity index is 3.44. The molecule has 0 aromatic heterocycles. The van der Waals surface area contributed by atoms with Gasteiger partial charge in [-0.2, -0.15) is 0 Å². The molecule has 3 N–H and O–H groups in total. The number of rotatable bonds is 53. The van der Waals surface area contributed by atoms with E-state index in [9.17, 15) is 19.8 Å². The summed E-state index contributed by atoms with van der Waals surface area (Å²) in [6.45, 7) is 4.90. The summed E-state index contributed by atoms with van der Waals surface area (Å²) in [6, 6.07) is -0.633. The van der Waals surface area contributed by atoms with E-state index in [4.69, 9.17) is 4.74 Å². The van der Waals surface area contributed by atoms with Crippen molar-refractivity contribution in [3.63, 3.8) is 0 Å². The van der Waals surface area contributed by atoms with E-state index in [0.29, 0.717) is 19.4 Å². The minimum Gasteiger partial charge on any atom is -0.466 e. The number of hydrogen-bond donors (Lipinski definition) is 3. The van der Waals surface area contributed by atoms with E-state index in [1.807, 2.05) is 6.08 Å². The molecule has 0 aromatic carbocycles. The third kappa shape index (κ3) is 49.8. The normalized spacial score (nSPS) is 12.8. The molecule has 0 heterocycles. The number of esters is 1. The molecule has 2 atom stereocenters. The first kappa shape index (κ1) is 62.3. The highest BCUT2D eigenvalue weighted by Crippen LogP contribution is 2.16. The number of carbonyl (C=O) groups excluding carboxylic acids is 2. The molecule has 0 saturated heterocycles. The molecule has 64 heavy (non-hydrogen) atoms. The quantitative estimate of drug-likeness (QED) is 0.0321. The van der Waals surface area contributed by atoms with Crippen LogP contribution in [0.2, 0.25) is 0 Å². The van der Waals surface area contributed by atoms with Crippen LogP contribution < -0.4 is 5.32 Å². The van der Waals surface area contributed by atoms with Gasteiger partial charge in [-0.25, -0.2) is 0 Å². The topological polar surface area (TPSA) is 95.9 Å². The van der Waals surface area contributed by atoms with Gasteiger partial charge in [0.05, 0.1) is 25.4 Å². The van der Waals surface area contributed by atoms with Gasteiger partial charge in [0.2, 0.25) is 5.91 Å². The molecular formula is C58H111NO5. The maximum Gasteiger partial charge on any atom is 0.305 e. The summed E-state index contributed by atoms with van der Waals surface area (Å²) in [5, 5.41) is 23.0. The van der Waals surface area contributed by atoms with Crippen molar-refractivity contribution in [3.8, 4) is 0 Å².